The molecule has 3 aromatic rings. The van der Waals surface area contributed by atoms with E-state index in [-0.39, 0.29) is 0 Å². The first kappa shape index (κ1) is 13.3. The van der Waals surface area contributed by atoms with Crippen molar-refractivity contribution in [3.05, 3.63) is 64.1 Å². The molecule has 0 aliphatic heterocycles. The molecule has 3 rings (SSSR count). The Labute approximate surface area is 123 Å². The van der Waals surface area contributed by atoms with E-state index in [2.05, 4.69) is 66.3 Å². The van der Waals surface area contributed by atoms with Crippen LogP contribution in [-0.4, -0.2) is 16.9 Å². The summed E-state index contributed by atoms with van der Waals surface area (Å²) in [6.45, 7) is 4.00. The molecule has 0 saturated carbocycles. The Hall–Kier alpha value is -1.71. The Bertz CT molecular complexity index is 712. The first-order chi connectivity index (χ1) is 9.74. The standard InChI is InChI=1S/C17H18N2S/c1-13-17(20-12-18-13)11-19(2)10-15-8-5-7-14-6-3-4-9-16(14)15/h3-9,12H,10-11H2,1-2H3. The Kier molecular flexibility index (Phi) is 3.81. The molecular formula is C17H18N2S. The molecule has 0 unspecified atom stereocenters. The first-order valence-corrected chi connectivity index (χ1v) is 7.66. The van der Waals surface area contributed by atoms with Gasteiger partial charge in [0.05, 0.1) is 11.2 Å². The highest BCUT2D eigenvalue weighted by Gasteiger charge is 2.08. The average Bonchev–Trinajstić information content (AvgIpc) is 2.85. The van der Waals surface area contributed by atoms with Crippen molar-refractivity contribution in [2.75, 3.05) is 7.05 Å². The van der Waals surface area contributed by atoms with Gasteiger partial charge in [-0.15, -0.1) is 11.3 Å². The number of thiazole rings is 1. The van der Waals surface area contributed by atoms with Gasteiger partial charge in [0, 0.05) is 18.0 Å². The Morgan fingerprint density at radius 1 is 1.05 bits per heavy atom. The van der Waals surface area contributed by atoms with Gasteiger partial charge in [-0.05, 0) is 30.3 Å². The maximum atomic E-state index is 4.32. The van der Waals surface area contributed by atoms with Crippen molar-refractivity contribution in [2.45, 2.75) is 20.0 Å². The first-order valence-electron chi connectivity index (χ1n) is 6.78. The Morgan fingerprint density at radius 2 is 1.85 bits per heavy atom. The highest BCUT2D eigenvalue weighted by molar-refractivity contribution is 7.09. The fraction of sp³-hybridized carbons (Fsp3) is 0.235. The summed E-state index contributed by atoms with van der Waals surface area (Å²) in [5.74, 6) is 0. The molecule has 2 nitrogen and oxygen atoms in total. The third-order valence-corrected chi connectivity index (χ3v) is 4.50. The van der Waals surface area contributed by atoms with Crippen LogP contribution in [0.15, 0.2) is 48.0 Å². The van der Waals surface area contributed by atoms with Crippen molar-refractivity contribution in [1.29, 1.82) is 0 Å². The van der Waals surface area contributed by atoms with Gasteiger partial charge >= 0.3 is 0 Å². The summed E-state index contributed by atoms with van der Waals surface area (Å²) >= 11 is 1.74. The quantitative estimate of drug-likeness (QED) is 0.711. The number of fused-ring (bicyclic) bond motifs is 1. The summed E-state index contributed by atoms with van der Waals surface area (Å²) in [5.41, 5.74) is 4.46. The maximum Gasteiger partial charge on any atom is 0.0798 e. The van der Waals surface area contributed by atoms with Gasteiger partial charge in [-0.1, -0.05) is 42.5 Å². The lowest BCUT2D eigenvalue weighted by atomic mass is 10.0. The van der Waals surface area contributed by atoms with Crippen LogP contribution in [-0.2, 0) is 13.1 Å². The van der Waals surface area contributed by atoms with Crippen LogP contribution < -0.4 is 0 Å². The highest BCUT2D eigenvalue weighted by Crippen LogP contribution is 2.21. The minimum Gasteiger partial charge on any atom is -0.297 e. The van der Waals surface area contributed by atoms with Gasteiger partial charge in [-0.3, -0.25) is 4.90 Å². The number of hydrogen-bond acceptors (Lipinski definition) is 3. The molecule has 0 fully saturated rings. The summed E-state index contributed by atoms with van der Waals surface area (Å²) in [6, 6.07) is 15.1. The van der Waals surface area contributed by atoms with E-state index in [9.17, 15) is 0 Å². The molecule has 0 amide bonds. The molecule has 0 radical (unpaired) electrons. The molecule has 102 valence electrons. The summed E-state index contributed by atoms with van der Waals surface area (Å²) in [4.78, 5) is 8.02. The predicted molar refractivity (Wildman–Crippen MR) is 86.0 cm³/mol. The van der Waals surface area contributed by atoms with Gasteiger partial charge in [0.1, 0.15) is 0 Å². The lowest BCUT2D eigenvalue weighted by Gasteiger charge is -2.17. The van der Waals surface area contributed by atoms with E-state index in [1.165, 1.54) is 21.2 Å². The van der Waals surface area contributed by atoms with E-state index in [0.29, 0.717) is 0 Å². The minimum absolute atomic E-state index is 0.957. The molecule has 0 atom stereocenters. The zero-order valence-corrected chi connectivity index (χ0v) is 12.7. The van der Waals surface area contributed by atoms with Gasteiger partial charge in [-0.2, -0.15) is 0 Å². The molecule has 0 bridgehead atoms. The maximum absolute atomic E-state index is 4.32. The van der Waals surface area contributed by atoms with Crippen molar-refractivity contribution >= 4 is 22.1 Å². The van der Waals surface area contributed by atoms with Gasteiger partial charge in [-0.25, -0.2) is 4.98 Å². The lowest BCUT2D eigenvalue weighted by molar-refractivity contribution is 0.322. The second-order valence-electron chi connectivity index (χ2n) is 5.17. The van der Waals surface area contributed by atoms with Gasteiger partial charge < -0.3 is 0 Å². The zero-order chi connectivity index (χ0) is 13.9. The average molecular weight is 282 g/mol. The number of aromatic nitrogens is 1. The van der Waals surface area contributed by atoms with Crippen molar-refractivity contribution in [3.63, 3.8) is 0 Å². The van der Waals surface area contributed by atoms with Crippen LogP contribution >= 0.6 is 11.3 Å². The topological polar surface area (TPSA) is 16.1 Å². The summed E-state index contributed by atoms with van der Waals surface area (Å²) < 4.78 is 0. The Morgan fingerprint density at radius 3 is 2.65 bits per heavy atom. The molecule has 0 saturated heterocycles. The van der Waals surface area contributed by atoms with Crippen LogP contribution in [0, 0.1) is 6.92 Å². The van der Waals surface area contributed by atoms with Crippen molar-refractivity contribution in [2.24, 2.45) is 0 Å². The molecule has 1 aromatic heterocycles. The molecule has 0 N–H and O–H groups in total. The second kappa shape index (κ2) is 5.73. The number of benzene rings is 2. The second-order valence-corrected chi connectivity index (χ2v) is 6.11. The van der Waals surface area contributed by atoms with E-state index in [4.69, 9.17) is 0 Å². The molecular weight excluding hydrogens is 264 g/mol. The predicted octanol–water partition coefficient (Wildman–Crippen LogP) is 4.24. The van der Waals surface area contributed by atoms with Gasteiger partial charge in [0.2, 0.25) is 0 Å². The number of hydrogen-bond donors (Lipinski definition) is 0. The van der Waals surface area contributed by atoms with Crippen LogP contribution in [0.25, 0.3) is 10.8 Å². The molecule has 1 heterocycles. The van der Waals surface area contributed by atoms with Crippen LogP contribution in [0.2, 0.25) is 0 Å². The van der Waals surface area contributed by atoms with E-state index in [1.54, 1.807) is 11.3 Å². The largest absolute Gasteiger partial charge is 0.297 e. The van der Waals surface area contributed by atoms with E-state index >= 15 is 0 Å². The van der Waals surface area contributed by atoms with Crippen molar-refractivity contribution in [1.82, 2.24) is 9.88 Å². The number of aryl methyl sites for hydroxylation is 1. The summed E-state index contributed by atoms with van der Waals surface area (Å²) in [7, 11) is 2.17. The summed E-state index contributed by atoms with van der Waals surface area (Å²) in [6.07, 6.45) is 0. The van der Waals surface area contributed by atoms with Crippen molar-refractivity contribution in [3.8, 4) is 0 Å². The summed E-state index contributed by atoms with van der Waals surface area (Å²) in [5, 5.41) is 2.66. The normalized spacial score (nSPS) is 11.3. The SMILES string of the molecule is Cc1ncsc1CN(C)Cc1cccc2ccccc12. The van der Waals surface area contributed by atoms with Crippen LogP contribution in [0.3, 0.4) is 0 Å². The van der Waals surface area contributed by atoms with Crippen LogP contribution in [0.4, 0.5) is 0 Å². The number of rotatable bonds is 4. The Balaban J connectivity index is 1.81. The fourth-order valence-electron chi connectivity index (χ4n) is 2.50. The fourth-order valence-corrected chi connectivity index (χ4v) is 3.36. The number of nitrogens with zero attached hydrogens (tertiary/aromatic N) is 2. The van der Waals surface area contributed by atoms with E-state index in [0.717, 1.165) is 18.8 Å². The van der Waals surface area contributed by atoms with Crippen LogP contribution in [0.5, 0.6) is 0 Å². The van der Waals surface area contributed by atoms with Gasteiger partial charge in [0.25, 0.3) is 0 Å². The molecule has 0 aliphatic rings. The monoisotopic (exact) mass is 282 g/mol. The minimum atomic E-state index is 0.957. The third kappa shape index (κ3) is 2.74. The van der Waals surface area contributed by atoms with Crippen LogP contribution in [0.1, 0.15) is 16.1 Å². The molecule has 2 aromatic carbocycles. The van der Waals surface area contributed by atoms with Gasteiger partial charge in [0.15, 0.2) is 0 Å². The molecule has 0 spiro atoms. The molecule has 0 aliphatic carbocycles. The van der Waals surface area contributed by atoms with E-state index < -0.39 is 0 Å². The molecule has 3 heteroatoms. The smallest absolute Gasteiger partial charge is 0.0798 e. The highest BCUT2D eigenvalue weighted by atomic mass is 32.1. The zero-order valence-electron chi connectivity index (χ0n) is 11.8. The van der Waals surface area contributed by atoms with Crippen molar-refractivity contribution < 1.29 is 0 Å². The third-order valence-electron chi connectivity index (χ3n) is 3.58. The molecule has 20 heavy (non-hydrogen) atoms. The lowest BCUT2D eigenvalue weighted by Crippen LogP contribution is -2.17. The van der Waals surface area contributed by atoms with E-state index in [1.807, 2.05) is 5.51 Å².